The lowest BCUT2D eigenvalue weighted by atomic mass is 9.79. The van der Waals surface area contributed by atoms with Crippen LogP contribution in [0, 0.1) is 89.2 Å². The number of nitrogens with zero attached hydrogens (tertiary/aromatic N) is 4. The van der Waals surface area contributed by atoms with E-state index in [1.54, 1.807) is 13.0 Å². The lowest BCUT2D eigenvalue weighted by molar-refractivity contribution is 0.0657. The van der Waals surface area contributed by atoms with E-state index in [-0.39, 0.29) is 11.9 Å². The molecule has 6 fully saturated rings. The largest absolute Gasteiger partial charge is 0.491 e. The molecule has 2 saturated heterocycles. The standard InChI is InChI=1S/C10H13F.2C10H19N.C10H14O.2C10H14.C9H12O.C9H12.C8H11N.C8H18.C7H11N.C7H14O.C7H16.C6H12.C5H12/c1-7(2)9-5-4-8(3)10(11)6-9;1-9(2)11-7-5-10(3-4-10)6-8-11;1-8(2)11-6-9-4-3-5-10(9)7-11;1-9(2)11-8-10-6-4-3-5-7-10;1-8(2)10-6-4-5-9(3)7-10;1-9(2)8-10-6-4-3-5-7-10;1-8(2)10-9-6-4-3-5-7-9;1-8(2)9-6-4-3-5-7-9;1-7(2)8-5-3-4-6-9-8;1-6-8(4,5)7(2)3;1-7(2)8-5-3-4-6-8;1-6(2)8-5-7-3-4-7;1-6(2)7(3,4)5;1-5(2)6-3-4-6;1-4-5(2)3/h4-7H,1-3H3;9H,3-8H2,1-2H3;8-10H,3-7H2,1-2H3;3-7,9H,8H2,1-2H3;4-8H,1-3H3;3-7,9H,8H2,1-2H3;3-8H,1-2H3;3-8H,1-2H3;3-7H,1-2H3;7H,6H2,1-5H3;3-7H,1-2H3;6-7H,3-5H2,1-2H3;6H,1-5H3;5-6H,3-4H2,1-2H3;5H,4H2,1-3H3. The number of halogens is 1. The Morgan fingerprint density at radius 2 is 0.873 bits per heavy atom. The van der Waals surface area contributed by atoms with Gasteiger partial charge < -0.3 is 28.6 Å². The van der Waals surface area contributed by atoms with Crippen molar-refractivity contribution in [2.45, 2.75) is 427 Å². The molecule has 4 heterocycles. The van der Waals surface area contributed by atoms with Gasteiger partial charge >= 0.3 is 0 Å². The van der Waals surface area contributed by atoms with Gasteiger partial charge in [0.2, 0.25) is 0 Å². The molecular weight excluding hydrogens is 1640 g/mol. The number of likely N-dealkylation sites (tertiary alicyclic amines) is 2. The highest BCUT2D eigenvalue weighted by Crippen LogP contribution is 2.54. The van der Waals surface area contributed by atoms with Gasteiger partial charge in [0.15, 0.2) is 0 Å². The highest BCUT2D eigenvalue weighted by atomic mass is 19.1. The van der Waals surface area contributed by atoms with E-state index in [0.717, 1.165) is 107 Å². The summed E-state index contributed by atoms with van der Waals surface area (Å²) in [5.41, 5.74) is 11.7. The van der Waals surface area contributed by atoms with Gasteiger partial charge in [-0.15, -0.1) is 0 Å². The molecule has 2 aliphatic heterocycles. The van der Waals surface area contributed by atoms with E-state index in [2.05, 4.69) is 358 Å². The zero-order valence-electron chi connectivity index (χ0n) is 94.2. The monoisotopic (exact) mass is 1850 g/mol. The highest BCUT2D eigenvalue weighted by molar-refractivity contribution is 5.27. The summed E-state index contributed by atoms with van der Waals surface area (Å²) in [6.45, 7) is 92.7. The van der Waals surface area contributed by atoms with Gasteiger partial charge in [-0.05, 0) is 350 Å². The molecule has 8 aromatic rings. The molecule has 7 nitrogen and oxygen atoms in total. The van der Waals surface area contributed by atoms with Crippen molar-refractivity contribution in [3.05, 3.63) is 263 Å². The van der Waals surface area contributed by atoms with Crippen molar-refractivity contribution in [3.63, 3.8) is 0 Å². The molecular formula is C126H211FN4O3. The van der Waals surface area contributed by atoms with Gasteiger partial charge in [-0.25, -0.2) is 4.39 Å². The molecule has 1 spiro atoms. The van der Waals surface area contributed by atoms with Crippen molar-refractivity contribution < 1.29 is 18.6 Å². The normalized spacial score (nSPS) is 15.6. The fourth-order valence-electron chi connectivity index (χ4n) is 13.6. The first-order chi connectivity index (χ1) is 62.9. The third-order valence-electron chi connectivity index (χ3n) is 26.5. The Hall–Kier alpha value is -6.68. The number of ether oxygens (including phenoxy) is 3. The molecule has 0 amide bonds. The number of aromatic nitrogens is 2. The first-order valence-corrected chi connectivity index (χ1v) is 53.3. The van der Waals surface area contributed by atoms with Crippen LogP contribution in [-0.4, -0.2) is 82.5 Å². The molecule has 2 unspecified atom stereocenters. The first kappa shape index (κ1) is 127. The number of piperidine rings is 1. The molecule has 8 heteroatoms. The molecule has 6 aliphatic rings. The zero-order chi connectivity index (χ0) is 102. The van der Waals surface area contributed by atoms with Gasteiger partial charge in [0, 0.05) is 62.1 Å². The van der Waals surface area contributed by atoms with Crippen molar-refractivity contribution in [1.82, 2.24) is 19.4 Å². The minimum absolute atomic E-state index is 0.101. The molecule has 2 aromatic heterocycles. The molecule has 14 rings (SSSR count). The summed E-state index contributed by atoms with van der Waals surface area (Å²) in [5.74, 6) is 11.5. The molecule has 0 N–H and O–H groups in total. The Morgan fingerprint density at radius 3 is 1.18 bits per heavy atom. The predicted molar refractivity (Wildman–Crippen MR) is 593 cm³/mol. The maximum Gasteiger partial charge on any atom is 0.126 e. The summed E-state index contributed by atoms with van der Waals surface area (Å²) in [4.78, 5) is 9.44. The molecule has 4 aliphatic carbocycles. The summed E-state index contributed by atoms with van der Waals surface area (Å²) in [6, 6.07) is 67.5. The third kappa shape index (κ3) is 66.0. The number of aryl methyl sites for hydroxylation is 2. The number of hydrogen-bond donors (Lipinski definition) is 0. The Kier molecular flexibility index (Phi) is 68.1. The van der Waals surface area contributed by atoms with E-state index >= 15 is 0 Å². The average molecular weight is 1850 g/mol. The Balaban J connectivity index is 0.00000142. The van der Waals surface area contributed by atoms with Gasteiger partial charge in [-0.1, -0.05) is 350 Å². The molecule has 134 heavy (non-hydrogen) atoms. The maximum atomic E-state index is 12.9. The molecule has 760 valence electrons. The highest BCUT2D eigenvalue weighted by Gasteiger charge is 2.44. The SMILES string of the molecule is CC(C)C(C)(C)C.CC(C)C1CC1.CC(C)Cc1ccccc1.CC(C)N1CC2CCCC2C1.CC(C)N1CCC2(CC1)CC2.CC(C)OCC1CC1.CC(C)OCc1ccccc1.CC(C)Oc1ccccc1.CC(C)c1ccccc1.CC(C)c1ccccn1.CC(C)n1cccc1.CCC(C)(C)C(C)C.CCC(C)C.Cc1ccc(C(C)C)cc1F.Cc1cccc(C(C)C)c1. The second kappa shape index (κ2) is 71.7. The van der Waals surface area contributed by atoms with Gasteiger partial charge in [-0.2, -0.15) is 0 Å². The number of benzene rings is 6. The molecule has 0 radical (unpaired) electrons. The molecule has 4 saturated carbocycles. The van der Waals surface area contributed by atoms with E-state index in [1.807, 2.05) is 131 Å². The smallest absolute Gasteiger partial charge is 0.126 e. The quantitative estimate of drug-likeness (QED) is 0.0715. The zero-order valence-corrected chi connectivity index (χ0v) is 94.2. The number of rotatable bonds is 21. The van der Waals surface area contributed by atoms with E-state index in [9.17, 15) is 4.39 Å². The van der Waals surface area contributed by atoms with Crippen LogP contribution < -0.4 is 4.74 Å². The number of hydrogen-bond acceptors (Lipinski definition) is 6. The second-order valence-electron chi connectivity index (χ2n) is 45.2. The number of fused-ring (bicyclic) bond motifs is 1. The van der Waals surface area contributed by atoms with Crippen molar-refractivity contribution >= 4 is 0 Å². The average Bonchev–Trinajstić information content (AvgIpc) is 1.64. The summed E-state index contributed by atoms with van der Waals surface area (Å²) in [5, 5.41) is 0. The summed E-state index contributed by atoms with van der Waals surface area (Å²) in [6.07, 6.45) is 27.1. The van der Waals surface area contributed by atoms with Crippen molar-refractivity contribution in [2.24, 2.45) is 69.5 Å². The van der Waals surface area contributed by atoms with Crippen LogP contribution in [-0.2, 0) is 22.5 Å². The van der Waals surface area contributed by atoms with E-state index in [1.165, 1.54) is 144 Å². The van der Waals surface area contributed by atoms with Crippen LogP contribution in [0.15, 0.2) is 213 Å². The Bertz CT molecular complexity index is 3860. The minimum Gasteiger partial charge on any atom is -0.491 e. The number of para-hydroxylation sites is 1. The molecule has 0 bridgehead atoms. The van der Waals surface area contributed by atoms with Crippen LogP contribution in [0.5, 0.6) is 5.75 Å². The lowest BCUT2D eigenvalue weighted by Gasteiger charge is -2.34. The van der Waals surface area contributed by atoms with Gasteiger partial charge in [0.1, 0.15) is 11.6 Å². The Morgan fingerprint density at radius 1 is 0.425 bits per heavy atom. The summed E-state index contributed by atoms with van der Waals surface area (Å²) < 4.78 is 31.3. The van der Waals surface area contributed by atoms with E-state index in [0.29, 0.717) is 52.8 Å². The molecule has 2 atom stereocenters. The fraction of sp³-hybridized carbons (Fsp3) is 0.643. The van der Waals surface area contributed by atoms with Crippen LogP contribution in [0.4, 0.5) is 4.39 Å². The Labute approximate surface area is 830 Å². The van der Waals surface area contributed by atoms with Gasteiger partial charge in [-0.3, -0.25) is 4.98 Å². The predicted octanol–water partition coefficient (Wildman–Crippen LogP) is 37.5. The van der Waals surface area contributed by atoms with E-state index in [4.69, 9.17) is 14.2 Å². The lowest BCUT2D eigenvalue weighted by Crippen LogP contribution is -2.38. The topological polar surface area (TPSA) is 52.0 Å². The van der Waals surface area contributed by atoms with Crippen LogP contribution in [0.3, 0.4) is 0 Å². The first-order valence-electron chi connectivity index (χ1n) is 53.3. The summed E-state index contributed by atoms with van der Waals surface area (Å²) >= 11 is 0. The number of pyridine rings is 1. The van der Waals surface area contributed by atoms with E-state index < -0.39 is 0 Å². The molecule has 6 aromatic carbocycles. The second-order valence-corrected chi connectivity index (χ2v) is 45.2. The summed E-state index contributed by atoms with van der Waals surface area (Å²) in [7, 11) is 0. The maximum absolute atomic E-state index is 12.9. The minimum atomic E-state index is -0.101. The van der Waals surface area contributed by atoms with Crippen molar-refractivity contribution in [1.29, 1.82) is 0 Å². The van der Waals surface area contributed by atoms with Crippen molar-refractivity contribution in [3.8, 4) is 5.75 Å². The van der Waals surface area contributed by atoms with Crippen LogP contribution in [0.25, 0.3) is 0 Å². The van der Waals surface area contributed by atoms with Gasteiger partial charge in [0.05, 0.1) is 24.9 Å². The fourth-order valence-corrected chi connectivity index (χ4v) is 13.6. The van der Waals surface area contributed by atoms with Crippen molar-refractivity contribution in [2.75, 3.05) is 32.8 Å². The van der Waals surface area contributed by atoms with Gasteiger partial charge in [0.25, 0.3) is 0 Å². The third-order valence-corrected chi connectivity index (χ3v) is 26.5. The van der Waals surface area contributed by atoms with Crippen LogP contribution in [0.1, 0.15) is 414 Å². The van der Waals surface area contributed by atoms with Crippen LogP contribution in [0.2, 0.25) is 0 Å². The van der Waals surface area contributed by atoms with Crippen LogP contribution >= 0.6 is 0 Å².